The maximum Gasteiger partial charge on any atom is 0.327 e. The Bertz CT molecular complexity index is 797. The van der Waals surface area contributed by atoms with Crippen molar-refractivity contribution >= 4 is 27.1 Å². The van der Waals surface area contributed by atoms with Crippen molar-refractivity contribution in [1.82, 2.24) is 19.5 Å². The molecule has 0 radical (unpaired) electrons. The molecule has 0 spiro atoms. The highest BCUT2D eigenvalue weighted by molar-refractivity contribution is 9.10. The summed E-state index contributed by atoms with van der Waals surface area (Å²) in [4.78, 5) is 31.4. The monoisotopic (exact) mass is 362 g/mol. The highest BCUT2D eigenvalue weighted by Gasteiger charge is 2.44. The largest absolute Gasteiger partial charge is 0.394 e. The lowest BCUT2D eigenvalue weighted by molar-refractivity contribution is -0.0521. The van der Waals surface area contributed by atoms with Crippen LogP contribution >= 0.6 is 15.9 Å². The lowest BCUT2D eigenvalue weighted by atomic mass is 10.1. The van der Waals surface area contributed by atoms with E-state index in [1.165, 1.54) is 4.57 Å². The summed E-state index contributed by atoms with van der Waals surface area (Å²) in [5.41, 5.74) is -1.46. The van der Waals surface area contributed by atoms with Gasteiger partial charge in [0, 0.05) is 0 Å². The van der Waals surface area contributed by atoms with E-state index in [0.717, 1.165) is 0 Å². The molecule has 0 amide bonds. The molecular formula is C10H11BrN4O6. The normalized spacial score (nSPS) is 29.3. The van der Waals surface area contributed by atoms with Crippen LogP contribution in [0.25, 0.3) is 11.2 Å². The fraction of sp³-hybridized carbons (Fsp3) is 0.500. The van der Waals surface area contributed by atoms with Crippen LogP contribution in [0.3, 0.4) is 0 Å². The maximum atomic E-state index is 11.7. The summed E-state index contributed by atoms with van der Waals surface area (Å²) in [5, 5.41) is 28.9. The molecule has 4 atom stereocenters. The van der Waals surface area contributed by atoms with Gasteiger partial charge in [0.2, 0.25) is 0 Å². The van der Waals surface area contributed by atoms with Gasteiger partial charge >= 0.3 is 5.69 Å². The molecule has 2 unspecified atom stereocenters. The Labute approximate surface area is 124 Å². The number of ether oxygens (including phenoxy) is 1. The third-order valence-electron chi connectivity index (χ3n) is 3.31. The number of rotatable bonds is 2. The van der Waals surface area contributed by atoms with E-state index in [9.17, 15) is 19.8 Å². The van der Waals surface area contributed by atoms with Crippen LogP contribution in [0.15, 0.2) is 14.3 Å². The Balaban J connectivity index is 2.19. The zero-order chi connectivity index (χ0) is 15.3. The van der Waals surface area contributed by atoms with E-state index in [2.05, 4.69) is 25.9 Å². The fourth-order valence-electron chi connectivity index (χ4n) is 2.31. The minimum atomic E-state index is -1.36. The standard InChI is InChI=1S/C10H11BrN4O6/c11-9-12-3-6(13-10(20)14-7(3)19)15(9)8-5(18)4(17)2(1-16)21-8/h2,4-5,8,16-18H,1H2,(H2,13,14,19,20)/t2-,4?,5?,8-/m0/s1. The van der Waals surface area contributed by atoms with E-state index >= 15 is 0 Å². The number of aliphatic hydroxyl groups is 3. The molecule has 21 heavy (non-hydrogen) atoms. The van der Waals surface area contributed by atoms with E-state index in [-0.39, 0.29) is 15.9 Å². The number of aliphatic hydroxyl groups excluding tert-OH is 3. The molecular weight excluding hydrogens is 352 g/mol. The van der Waals surface area contributed by atoms with Crippen LogP contribution in [-0.4, -0.2) is 59.8 Å². The highest BCUT2D eigenvalue weighted by atomic mass is 79.9. The minimum Gasteiger partial charge on any atom is -0.394 e. The number of fused-ring (bicyclic) bond motifs is 1. The number of halogens is 1. The van der Waals surface area contributed by atoms with Crippen LogP contribution in [0.2, 0.25) is 0 Å². The van der Waals surface area contributed by atoms with Crippen LogP contribution in [-0.2, 0) is 4.74 Å². The van der Waals surface area contributed by atoms with E-state index < -0.39 is 42.4 Å². The molecule has 114 valence electrons. The molecule has 10 nitrogen and oxygen atoms in total. The minimum absolute atomic E-state index is 0.0328. The van der Waals surface area contributed by atoms with Crippen LogP contribution in [0.5, 0.6) is 0 Å². The predicted octanol–water partition coefficient (Wildman–Crippen LogP) is -2.21. The quantitative estimate of drug-likeness (QED) is 0.379. The first-order chi connectivity index (χ1) is 9.93. The second-order valence-corrected chi connectivity index (χ2v) is 5.29. The molecule has 1 saturated heterocycles. The Hall–Kier alpha value is -1.53. The molecule has 5 N–H and O–H groups in total. The number of hydrogen-bond acceptors (Lipinski definition) is 7. The lowest BCUT2D eigenvalue weighted by Gasteiger charge is -2.17. The third-order valence-corrected chi connectivity index (χ3v) is 3.87. The Morgan fingerprint density at radius 3 is 2.62 bits per heavy atom. The topological polar surface area (TPSA) is 153 Å². The highest BCUT2D eigenvalue weighted by Crippen LogP contribution is 2.33. The van der Waals surface area contributed by atoms with Crippen LogP contribution < -0.4 is 11.2 Å². The van der Waals surface area contributed by atoms with E-state index in [0.29, 0.717) is 0 Å². The van der Waals surface area contributed by atoms with Crippen molar-refractivity contribution in [2.24, 2.45) is 0 Å². The Morgan fingerprint density at radius 1 is 1.29 bits per heavy atom. The number of aromatic nitrogens is 4. The van der Waals surface area contributed by atoms with Gasteiger partial charge in [0.1, 0.15) is 18.3 Å². The van der Waals surface area contributed by atoms with Crippen molar-refractivity contribution in [3.05, 3.63) is 25.6 Å². The third kappa shape index (κ3) is 2.13. The zero-order valence-corrected chi connectivity index (χ0v) is 11.9. The molecule has 0 aromatic carbocycles. The lowest BCUT2D eigenvalue weighted by Crippen LogP contribution is -2.33. The number of aromatic amines is 2. The molecule has 2 aromatic heterocycles. The summed E-state index contributed by atoms with van der Waals surface area (Å²) in [6, 6.07) is 0. The van der Waals surface area contributed by atoms with Crippen molar-refractivity contribution in [1.29, 1.82) is 0 Å². The molecule has 0 saturated carbocycles. The van der Waals surface area contributed by atoms with Crippen LogP contribution in [0, 0.1) is 0 Å². The van der Waals surface area contributed by atoms with Gasteiger partial charge in [0.05, 0.1) is 6.61 Å². The van der Waals surface area contributed by atoms with E-state index in [1.54, 1.807) is 0 Å². The molecule has 3 rings (SSSR count). The first-order valence-electron chi connectivity index (χ1n) is 5.96. The van der Waals surface area contributed by atoms with Gasteiger partial charge in [0.25, 0.3) is 5.56 Å². The SMILES string of the molecule is O=c1[nH]c(=O)c2nc(Br)n([C@H]3O[C@@H](CO)C(O)C3O)c2[nH]1. The average molecular weight is 363 g/mol. The predicted molar refractivity (Wildman–Crippen MR) is 71.7 cm³/mol. The van der Waals surface area contributed by atoms with Crippen molar-refractivity contribution in [3.8, 4) is 0 Å². The van der Waals surface area contributed by atoms with Crippen LogP contribution in [0.4, 0.5) is 0 Å². The molecule has 11 heteroatoms. The smallest absolute Gasteiger partial charge is 0.327 e. The number of nitrogens with one attached hydrogen (secondary N) is 2. The molecule has 2 aromatic rings. The molecule has 0 aliphatic carbocycles. The molecule has 1 fully saturated rings. The van der Waals surface area contributed by atoms with Crippen LogP contribution in [0.1, 0.15) is 6.23 Å². The maximum absolute atomic E-state index is 11.7. The number of H-pyrrole nitrogens is 2. The van der Waals surface area contributed by atoms with Crippen molar-refractivity contribution in [2.75, 3.05) is 6.61 Å². The summed E-state index contributed by atoms with van der Waals surface area (Å²) in [6.07, 6.45) is -4.77. The Morgan fingerprint density at radius 2 is 2.00 bits per heavy atom. The van der Waals surface area contributed by atoms with Gasteiger partial charge in [-0.1, -0.05) is 0 Å². The summed E-state index contributed by atoms with van der Waals surface area (Å²) < 4.78 is 6.71. The van der Waals surface area contributed by atoms with Crippen molar-refractivity contribution < 1.29 is 20.1 Å². The van der Waals surface area contributed by atoms with Crippen molar-refractivity contribution in [2.45, 2.75) is 24.5 Å². The molecule has 0 bridgehead atoms. The van der Waals surface area contributed by atoms with E-state index in [1.807, 2.05) is 4.98 Å². The average Bonchev–Trinajstić information content (AvgIpc) is 2.89. The number of imidazole rings is 1. The number of hydrogen-bond donors (Lipinski definition) is 5. The van der Waals surface area contributed by atoms with Gasteiger partial charge in [-0.25, -0.2) is 9.78 Å². The van der Waals surface area contributed by atoms with Crippen molar-refractivity contribution in [3.63, 3.8) is 0 Å². The second kappa shape index (κ2) is 5.03. The number of nitrogens with zero attached hydrogens (tertiary/aromatic N) is 2. The summed E-state index contributed by atoms with van der Waals surface area (Å²) in [6.45, 7) is -0.490. The van der Waals surface area contributed by atoms with Gasteiger partial charge in [0.15, 0.2) is 22.1 Å². The summed E-state index contributed by atoms with van der Waals surface area (Å²) in [7, 11) is 0. The Kier molecular flexibility index (Phi) is 3.45. The zero-order valence-electron chi connectivity index (χ0n) is 10.4. The first kappa shape index (κ1) is 14.4. The second-order valence-electron chi connectivity index (χ2n) is 4.59. The summed E-state index contributed by atoms with van der Waals surface area (Å²) >= 11 is 3.11. The fourth-order valence-corrected chi connectivity index (χ4v) is 2.87. The molecule has 1 aliphatic heterocycles. The van der Waals surface area contributed by atoms with Gasteiger partial charge < -0.3 is 20.1 Å². The summed E-state index contributed by atoms with van der Waals surface area (Å²) in [5.74, 6) is 0. The van der Waals surface area contributed by atoms with Gasteiger partial charge in [-0.2, -0.15) is 0 Å². The van der Waals surface area contributed by atoms with Gasteiger partial charge in [-0.15, -0.1) is 0 Å². The van der Waals surface area contributed by atoms with Gasteiger partial charge in [-0.05, 0) is 15.9 Å². The van der Waals surface area contributed by atoms with Gasteiger partial charge in [-0.3, -0.25) is 19.3 Å². The molecule has 3 heterocycles. The van der Waals surface area contributed by atoms with E-state index in [4.69, 9.17) is 9.84 Å². The first-order valence-corrected chi connectivity index (χ1v) is 6.76. The molecule has 1 aliphatic rings.